The Bertz CT molecular complexity index is 436. The molecule has 1 unspecified atom stereocenters. The highest BCUT2D eigenvalue weighted by Gasteiger charge is 2.53. The molecule has 0 N–H and O–H groups in total. The lowest BCUT2D eigenvalue weighted by atomic mass is 10.2. The van der Waals surface area contributed by atoms with Crippen LogP contribution in [0, 0.1) is 0 Å². The molecule has 1 atom stereocenters. The summed E-state index contributed by atoms with van der Waals surface area (Å²) >= 11 is 0. The Hall–Kier alpha value is -1.77. The highest BCUT2D eigenvalue weighted by atomic mass is 16.5. The third kappa shape index (κ3) is 0.839. The van der Waals surface area contributed by atoms with E-state index in [0.29, 0.717) is 0 Å². The molecule has 1 amide bonds. The van der Waals surface area contributed by atoms with Gasteiger partial charge in [-0.3, -0.25) is 9.69 Å². The monoisotopic (exact) mass is 187 g/mol. The van der Waals surface area contributed by atoms with Crippen molar-refractivity contribution in [2.24, 2.45) is 0 Å². The number of ether oxygens (including phenoxy) is 1. The van der Waals surface area contributed by atoms with Crippen molar-refractivity contribution in [3.63, 3.8) is 0 Å². The molecule has 14 heavy (non-hydrogen) atoms. The third-order valence-corrected chi connectivity index (χ3v) is 2.55. The summed E-state index contributed by atoms with van der Waals surface area (Å²) in [5, 5.41) is 0. The van der Waals surface area contributed by atoms with Gasteiger partial charge in [-0.15, -0.1) is 0 Å². The predicted molar refractivity (Wildman–Crippen MR) is 49.8 cm³/mol. The number of rotatable bonds is 1. The van der Waals surface area contributed by atoms with Crippen LogP contribution < -0.4 is 0 Å². The molecule has 3 nitrogen and oxygen atoms in total. The number of hydrogen-bond acceptors (Lipinski definition) is 2. The van der Waals surface area contributed by atoms with Crippen LogP contribution in [0.4, 0.5) is 0 Å². The van der Waals surface area contributed by atoms with Gasteiger partial charge in [0.05, 0.1) is 0 Å². The van der Waals surface area contributed by atoms with E-state index in [0.717, 1.165) is 17.0 Å². The SMILES string of the molecule is CC1=C2C(=O)N2C(c2ccccc2)O1. The summed E-state index contributed by atoms with van der Waals surface area (Å²) in [6, 6.07) is 9.77. The van der Waals surface area contributed by atoms with Crippen LogP contribution in [0.3, 0.4) is 0 Å². The van der Waals surface area contributed by atoms with Crippen LogP contribution >= 0.6 is 0 Å². The van der Waals surface area contributed by atoms with E-state index in [2.05, 4.69) is 0 Å². The first-order valence-corrected chi connectivity index (χ1v) is 4.55. The highest BCUT2D eigenvalue weighted by molar-refractivity contribution is 6.11. The molecule has 0 saturated carbocycles. The van der Waals surface area contributed by atoms with Crippen molar-refractivity contribution in [3.8, 4) is 0 Å². The van der Waals surface area contributed by atoms with E-state index in [1.54, 1.807) is 4.90 Å². The number of allylic oxidation sites excluding steroid dienone is 1. The first-order valence-electron chi connectivity index (χ1n) is 4.55. The smallest absolute Gasteiger partial charge is 0.282 e. The number of amides is 1. The van der Waals surface area contributed by atoms with Crippen molar-refractivity contribution in [2.45, 2.75) is 13.2 Å². The van der Waals surface area contributed by atoms with Gasteiger partial charge in [0, 0.05) is 5.56 Å². The molecule has 2 aliphatic heterocycles. The molecule has 1 fully saturated rings. The van der Waals surface area contributed by atoms with Crippen LogP contribution in [0.15, 0.2) is 41.8 Å². The van der Waals surface area contributed by atoms with Crippen LogP contribution in [0.5, 0.6) is 0 Å². The molecule has 1 aromatic rings. The average molecular weight is 187 g/mol. The first-order chi connectivity index (χ1) is 6.79. The summed E-state index contributed by atoms with van der Waals surface area (Å²) in [6.45, 7) is 1.83. The van der Waals surface area contributed by atoms with Crippen molar-refractivity contribution in [2.75, 3.05) is 0 Å². The fourth-order valence-electron chi connectivity index (χ4n) is 1.82. The molecule has 0 spiro atoms. The number of carbonyl (C=O) groups excluding carboxylic acids is 1. The zero-order valence-corrected chi connectivity index (χ0v) is 7.73. The second kappa shape index (κ2) is 2.38. The number of carbonyl (C=O) groups is 1. The largest absolute Gasteiger partial charge is 0.468 e. The van der Waals surface area contributed by atoms with Crippen LogP contribution in [0.2, 0.25) is 0 Å². The molecule has 2 heterocycles. The molecule has 1 saturated heterocycles. The maximum Gasteiger partial charge on any atom is 0.282 e. The first kappa shape index (κ1) is 7.62. The van der Waals surface area contributed by atoms with Gasteiger partial charge in [0.1, 0.15) is 5.76 Å². The molecule has 70 valence electrons. The number of hydrogen-bond donors (Lipinski definition) is 0. The number of benzene rings is 1. The van der Waals surface area contributed by atoms with Gasteiger partial charge in [0.15, 0.2) is 5.70 Å². The molecule has 0 radical (unpaired) electrons. The molecule has 0 aliphatic carbocycles. The molecule has 0 bridgehead atoms. The molecule has 0 aromatic heterocycles. The molecule has 1 aromatic carbocycles. The van der Waals surface area contributed by atoms with Crippen LogP contribution in [0.25, 0.3) is 0 Å². The Balaban J connectivity index is 1.96. The van der Waals surface area contributed by atoms with Crippen LogP contribution in [-0.4, -0.2) is 10.8 Å². The summed E-state index contributed by atoms with van der Waals surface area (Å²) in [6.07, 6.45) is -0.223. The topological polar surface area (TPSA) is 29.3 Å². The lowest BCUT2D eigenvalue weighted by Gasteiger charge is -2.14. The molecule has 3 heteroatoms. The maximum atomic E-state index is 11.3. The Morgan fingerprint density at radius 2 is 2.00 bits per heavy atom. The summed E-state index contributed by atoms with van der Waals surface area (Å²) in [5.41, 5.74) is 1.76. The van der Waals surface area contributed by atoms with Crippen LogP contribution in [0.1, 0.15) is 18.7 Å². The zero-order chi connectivity index (χ0) is 9.71. The Kier molecular flexibility index (Phi) is 1.29. The van der Waals surface area contributed by atoms with E-state index in [4.69, 9.17) is 4.74 Å². The number of fused-ring (bicyclic) bond motifs is 1. The molecular weight excluding hydrogens is 178 g/mol. The van der Waals surface area contributed by atoms with Gasteiger partial charge in [-0.2, -0.15) is 0 Å². The van der Waals surface area contributed by atoms with E-state index in [-0.39, 0.29) is 12.1 Å². The molecule has 2 aliphatic rings. The average Bonchev–Trinajstić information content (AvgIpc) is 2.72. The van der Waals surface area contributed by atoms with E-state index in [9.17, 15) is 4.79 Å². The lowest BCUT2D eigenvalue weighted by molar-refractivity contribution is -0.118. The Morgan fingerprint density at radius 3 is 2.57 bits per heavy atom. The minimum atomic E-state index is -0.223. The number of nitrogens with zero attached hydrogens (tertiary/aromatic N) is 1. The van der Waals surface area contributed by atoms with E-state index >= 15 is 0 Å². The van der Waals surface area contributed by atoms with E-state index in [1.165, 1.54) is 0 Å². The van der Waals surface area contributed by atoms with Crippen molar-refractivity contribution in [3.05, 3.63) is 47.4 Å². The summed E-state index contributed by atoms with van der Waals surface area (Å²) in [5.74, 6) is 0.839. The van der Waals surface area contributed by atoms with E-state index < -0.39 is 0 Å². The van der Waals surface area contributed by atoms with Gasteiger partial charge in [0.2, 0.25) is 6.23 Å². The minimum Gasteiger partial charge on any atom is -0.468 e. The van der Waals surface area contributed by atoms with Gasteiger partial charge in [-0.1, -0.05) is 30.3 Å². The zero-order valence-electron chi connectivity index (χ0n) is 7.73. The lowest BCUT2D eigenvalue weighted by Crippen LogP contribution is -2.10. The van der Waals surface area contributed by atoms with E-state index in [1.807, 2.05) is 37.3 Å². The van der Waals surface area contributed by atoms with Crippen molar-refractivity contribution in [1.82, 2.24) is 4.90 Å². The van der Waals surface area contributed by atoms with Gasteiger partial charge in [-0.25, -0.2) is 0 Å². The van der Waals surface area contributed by atoms with Crippen molar-refractivity contribution in [1.29, 1.82) is 0 Å². The highest BCUT2D eigenvalue weighted by Crippen LogP contribution is 2.46. The van der Waals surface area contributed by atoms with Crippen LogP contribution in [-0.2, 0) is 9.53 Å². The quantitative estimate of drug-likeness (QED) is 0.627. The van der Waals surface area contributed by atoms with Gasteiger partial charge in [-0.05, 0) is 6.92 Å². The Labute approximate surface area is 81.6 Å². The predicted octanol–water partition coefficient (Wildman–Crippen LogP) is 1.79. The molecule has 3 rings (SSSR count). The molecular formula is C11H9NO2. The Morgan fingerprint density at radius 1 is 1.29 bits per heavy atom. The van der Waals surface area contributed by atoms with Gasteiger partial charge >= 0.3 is 0 Å². The normalized spacial score (nSPS) is 23.6. The van der Waals surface area contributed by atoms with Gasteiger partial charge in [0.25, 0.3) is 5.91 Å². The standard InChI is InChI=1S/C11H9NO2/c1-7-9-10(13)12(9)11(14-7)8-5-3-2-4-6-8/h2-6,11H,1H3. The summed E-state index contributed by atoms with van der Waals surface area (Å²) in [4.78, 5) is 13.0. The van der Waals surface area contributed by atoms with Crippen molar-refractivity contribution >= 4 is 5.91 Å². The summed E-state index contributed by atoms with van der Waals surface area (Å²) in [7, 11) is 0. The summed E-state index contributed by atoms with van der Waals surface area (Å²) < 4.78 is 5.56. The fraction of sp³-hybridized carbons (Fsp3) is 0.182. The van der Waals surface area contributed by atoms with Crippen molar-refractivity contribution < 1.29 is 9.53 Å². The second-order valence-electron chi connectivity index (χ2n) is 3.46. The maximum absolute atomic E-state index is 11.3. The fourth-order valence-corrected chi connectivity index (χ4v) is 1.82. The minimum absolute atomic E-state index is 0.0996. The second-order valence-corrected chi connectivity index (χ2v) is 3.46. The van der Waals surface area contributed by atoms with Gasteiger partial charge < -0.3 is 4.74 Å². The third-order valence-electron chi connectivity index (χ3n) is 2.55.